The van der Waals surface area contributed by atoms with Gasteiger partial charge in [0.15, 0.2) is 0 Å². The lowest BCUT2D eigenvalue weighted by Crippen LogP contribution is -2.00. The van der Waals surface area contributed by atoms with E-state index in [0.717, 1.165) is 4.88 Å². The molecule has 0 radical (unpaired) electrons. The van der Waals surface area contributed by atoms with Gasteiger partial charge in [-0.15, -0.1) is 11.3 Å². The molecule has 1 aromatic carbocycles. The minimum Gasteiger partial charge on any atom is -0.298 e. The summed E-state index contributed by atoms with van der Waals surface area (Å²) in [7, 11) is -3.49. The summed E-state index contributed by atoms with van der Waals surface area (Å²) in [6.45, 7) is 1.85. The van der Waals surface area contributed by atoms with E-state index in [1.165, 1.54) is 23.5 Å². The Morgan fingerprint density at radius 1 is 1.18 bits per heavy atom. The highest BCUT2D eigenvalue weighted by Crippen LogP contribution is 2.27. The number of rotatable bonds is 3. The summed E-state index contributed by atoms with van der Waals surface area (Å²) in [5.74, 6) is 0. The van der Waals surface area contributed by atoms with Crippen LogP contribution in [-0.2, 0) is 9.84 Å². The number of hydrogen-bond acceptors (Lipinski definition) is 4. The zero-order chi connectivity index (χ0) is 12.5. The molecule has 0 spiro atoms. The summed E-state index contributed by atoms with van der Waals surface area (Å²) in [5, 5.41) is 0. The largest absolute Gasteiger partial charge is 0.298 e. The van der Waals surface area contributed by atoms with Gasteiger partial charge in [0.05, 0.1) is 4.90 Å². The minimum absolute atomic E-state index is 0.156. The van der Waals surface area contributed by atoms with E-state index in [4.69, 9.17) is 0 Å². The first-order valence-corrected chi connectivity index (χ1v) is 7.21. The van der Waals surface area contributed by atoms with Crippen molar-refractivity contribution in [2.45, 2.75) is 16.0 Å². The predicted molar refractivity (Wildman–Crippen MR) is 66.3 cm³/mol. The molecule has 0 aliphatic carbocycles. The molecular formula is C12H10O3S2. The molecule has 0 amide bonds. The van der Waals surface area contributed by atoms with Gasteiger partial charge in [-0.2, -0.15) is 0 Å². The molecule has 0 unspecified atom stereocenters. The topological polar surface area (TPSA) is 51.2 Å². The quantitative estimate of drug-likeness (QED) is 0.803. The van der Waals surface area contributed by atoms with E-state index in [2.05, 4.69) is 0 Å². The maximum Gasteiger partial charge on any atom is 0.215 e. The number of hydrogen-bond donors (Lipinski definition) is 0. The van der Waals surface area contributed by atoms with Crippen molar-refractivity contribution >= 4 is 27.5 Å². The van der Waals surface area contributed by atoms with Crippen LogP contribution in [0.25, 0.3) is 0 Å². The molecule has 0 fully saturated rings. The second kappa shape index (κ2) is 4.43. The Hall–Kier alpha value is -1.46. The van der Waals surface area contributed by atoms with Gasteiger partial charge in [0.1, 0.15) is 10.5 Å². The van der Waals surface area contributed by atoms with Crippen LogP contribution in [0.3, 0.4) is 0 Å². The molecule has 0 atom stereocenters. The first-order valence-electron chi connectivity index (χ1n) is 4.91. The van der Waals surface area contributed by atoms with Crippen molar-refractivity contribution in [2.24, 2.45) is 0 Å². The van der Waals surface area contributed by atoms with E-state index in [0.29, 0.717) is 16.1 Å². The Labute approximate surface area is 104 Å². The first kappa shape index (κ1) is 12.0. The van der Waals surface area contributed by atoms with Gasteiger partial charge in [0, 0.05) is 10.4 Å². The van der Waals surface area contributed by atoms with Crippen molar-refractivity contribution < 1.29 is 13.2 Å². The van der Waals surface area contributed by atoms with E-state index in [-0.39, 0.29) is 4.90 Å². The van der Waals surface area contributed by atoms with Gasteiger partial charge < -0.3 is 0 Å². The third kappa shape index (κ3) is 2.30. The SMILES string of the molecule is Cc1ccc(S(=O)(=O)c2cccc(C=O)c2)s1. The number of aryl methyl sites for hydroxylation is 1. The molecule has 3 nitrogen and oxygen atoms in total. The molecule has 1 heterocycles. The molecule has 17 heavy (non-hydrogen) atoms. The Balaban J connectivity index is 2.55. The van der Waals surface area contributed by atoms with Gasteiger partial charge in [-0.05, 0) is 31.2 Å². The summed E-state index contributed by atoms with van der Waals surface area (Å²) < 4.78 is 24.7. The Kier molecular flexibility index (Phi) is 3.13. The van der Waals surface area contributed by atoms with E-state index in [9.17, 15) is 13.2 Å². The lowest BCUT2D eigenvalue weighted by molar-refractivity contribution is 0.112. The van der Waals surface area contributed by atoms with Crippen LogP contribution < -0.4 is 0 Å². The van der Waals surface area contributed by atoms with Crippen molar-refractivity contribution in [3.8, 4) is 0 Å². The van der Waals surface area contributed by atoms with Gasteiger partial charge in [0.25, 0.3) is 0 Å². The molecule has 0 aliphatic rings. The molecule has 1 aromatic heterocycles. The van der Waals surface area contributed by atoms with Crippen LogP contribution in [0.2, 0.25) is 0 Å². The molecule has 0 aliphatic heterocycles. The summed E-state index contributed by atoms with van der Waals surface area (Å²) in [5.41, 5.74) is 0.361. The molecule has 0 N–H and O–H groups in total. The van der Waals surface area contributed by atoms with Crippen molar-refractivity contribution in [2.75, 3.05) is 0 Å². The number of aldehydes is 1. The Bertz CT molecular complexity index is 654. The number of benzene rings is 1. The van der Waals surface area contributed by atoms with E-state index >= 15 is 0 Å². The Morgan fingerprint density at radius 3 is 2.53 bits per heavy atom. The normalized spacial score (nSPS) is 11.4. The fourth-order valence-electron chi connectivity index (χ4n) is 1.43. The van der Waals surface area contributed by atoms with Crippen LogP contribution in [0.4, 0.5) is 0 Å². The molecule has 0 bridgehead atoms. The molecule has 2 aromatic rings. The number of sulfone groups is 1. The summed E-state index contributed by atoms with van der Waals surface area (Å²) in [6.07, 6.45) is 0.638. The zero-order valence-corrected chi connectivity index (χ0v) is 10.7. The summed E-state index contributed by atoms with van der Waals surface area (Å²) in [4.78, 5) is 11.7. The summed E-state index contributed by atoms with van der Waals surface area (Å²) in [6, 6.07) is 9.38. The fraction of sp³-hybridized carbons (Fsp3) is 0.0833. The van der Waals surface area contributed by atoms with Crippen LogP contribution in [0.5, 0.6) is 0 Å². The highest BCUT2D eigenvalue weighted by atomic mass is 32.2. The number of carbonyl (C=O) groups is 1. The lowest BCUT2D eigenvalue weighted by Gasteiger charge is -2.01. The average Bonchev–Trinajstić information content (AvgIpc) is 2.76. The van der Waals surface area contributed by atoms with Gasteiger partial charge in [-0.3, -0.25) is 4.79 Å². The molecule has 88 valence electrons. The van der Waals surface area contributed by atoms with Gasteiger partial charge in [-0.25, -0.2) is 8.42 Å². The maximum absolute atomic E-state index is 12.2. The highest BCUT2D eigenvalue weighted by Gasteiger charge is 2.19. The predicted octanol–water partition coefficient (Wildman–Crippen LogP) is 2.70. The van der Waals surface area contributed by atoms with Crippen LogP contribution >= 0.6 is 11.3 Å². The molecular weight excluding hydrogens is 256 g/mol. The van der Waals surface area contributed by atoms with Crippen LogP contribution in [0.15, 0.2) is 45.5 Å². The standard InChI is InChI=1S/C12H10O3S2/c1-9-5-6-12(16-9)17(14,15)11-4-2-3-10(7-11)8-13/h2-8H,1H3. The monoisotopic (exact) mass is 266 g/mol. The molecule has 2 rings (SSSR count). The van der Waals surface area contributed by atoms with E-state index in [1.54, 1.807) is 24.3 Å². The third-order valence-corrected chi connectivity index (χ3v) is 5.53. The van der Waals surface area contributed by atoms with Gasteiger partial charge in [0.2, 0.25) is 9.84 Å². The van der Waals surface area contributed by atoms with E-state index in [1.807, 2.05) is 6.92 Å². The van der Waals surface area contributed by atoms with Crippen molar-refractivity contribution in [1.29, 1.82) is 0 Å². The van der Waals surface area contributed by atoms with Crippen LogP contribution in [0, 0.1) is 6.92 Å². The number of carbonyl (C=O) groups excluding carboxylic acids is 1. The van der Waals surface area contributed by atoms with Crippen molar-refractivity contribution in [1.82, 2.24) is 0 Å². The van der Waals surface area contributed by atoms with Gasteiger partial charge in [-0.1, -0.05) is 12.1 Å². The molecule has 0 saturated heterocycles. The first-order chi connectivity index (χ1) is 8.04. The Morgan fingerprint density at radius 2 is 1.94 bits per heavy atom. The van der Waals surface area contributed by atoms with Crippen molar-refractivity contribution in [3.63, 3.8) is 0 Å². The second-order valence-electron chi connectivity index (χ2n) is 3.56. The van der Waals surface area contributed by atoms with Crippen LogP contribution in [-0.4, -0.2) is 14.7 Å². The van der Waals surface area contributed by atoms with E-state index < -0.39 is 9.84 Å². The summed E-state index contributed by atoms with van der Waals surface area (Å²) >= 11 is 1.23. The van der Waals surface area contributed by atoms with Gasteiger partial charge >= 0.3 is 0 Å². The lowest BCUT2D eigenvalue weighted by atomic mass is 10.2. The fourth-order valence-corrected chi connectivity index (χ4v) is 4.17. The minimum atomic E-state index is -3.49. The second-order valence-corrected chi connectivity index (χ2v) is 7.02. The zero-order valence-electron chi connectivity index (χ0n) is 9.08. The smallest absolute Gasteiger partial charge is 0.215 e. The van der Waals surface area contributed by atoms with Crippen molar-refractivity contribution in [3.05, 3.63) is 46.8 Å². The maximum atomic E-state index is 12.2. The van der Waals surface area contributed by atoms with Crippen LogP contribution in [0.1, 0.15) is 15.2 Å². The third-order valence-electron chi connectivity index (χ3n) is 2.29. The molecule has 5 heteroatoms. The number of thiophene rings is 1. The molecule has 0 saturated carbocycles. The highest BCUT2D eigenvalue weighted by molar-refractivity contribution is 7.93. The average molecular weight is 266 g/mol.